The SMILES string of the molecule is CCCCCCC/C=C\C/C=C\C/C=C\CCCCCCCCCCCOCC(COP(=O)(O)OCC(N)C(=O)O)OC(=O)CCCCCCCCCCCC. The number of rotatable bonds is 43. The first-order valence-corrected chi connectivity index (χ1v) is 24.0. The molecule has 4 N–H and O–H groups in total. The van der Waals surface area contributed by atoms with E-state index in [0.717, 1.165) is 57.8 Å². The Morgan fingerprint density at radius 1 is 0.571 bits per heavy atom. The molecule has 0 fully saturated rings. The van der Waals surface area contributed by atoms with Crippen LogP contribution in [0.3, 0.4) is 0 Å². The fourth-order valence-electron chi connectivity index (χ4n) is 6.14. The lowest BCUT2D eigenvalue weighted by Gasteiger charge is -2.20. The summed E-state index contributed by atoms with van der Waals surface area (Å²) in [6, 6.07) is -1.47. The van der Waals surface area contributed by atoms with Crippen molar-refractivity contribution in [3.63, 3.8) is 0 Å². The number of hydrogen-bond donors (Lipinski definition) is 3. The molecule has 0 spiro atoms. The van der Waals surface area contributed by atoms with Gasteiger partial charge in [-0.1, -0.05) is 179 Å². The normalized spacial score (nSPS) is 14.2. The molecule has 0 aromatic rings. The average Bonchev–Trinajstić information content (AvgIpc) is 3.18. The lowest BCUT2D eigenvalue weighted by molar-refractivity contribution is -0.154. The number of esters is 1. The van der Waals surface area contributed by atoms with Crippen LogP contribution in [-0.2, 0) is 32.7 Å². The Balaban J connectivity index is 4.11. The molecule has 3 unspecified atom stereocenters. The van der Waals surface area contributed by atoms with Gasteiger partial charge >= 0.3 is 19.8 Å². The topological polar surface area (TPSA) is 155 Å². The van der Waals surface area contributed by atoms with E-state index >= 15 is 0 Å². The third kappa shape index (κ3) is 40.4. The molecule has 0 aromatic heterocycles. The molecule has 3 atom stereocenters. The van der Waals surface area contributed by atoms with Crippen LogP contribution in [0.2, 0.25) is 0 Å². The molecule has 0 aromatic carbocycles. The Labute approximate surface area is 342 Å². The predicted octanol–water partition coefficient (Wildman–Crippen LogP) is 12.5. The minimum Gasteiger partial charge on any atom is -0.480 e. The van der Waals surface area contributed by atoms with Gasteiger partial charge < -0.3 is 25.2 Å². The summed E-state index contributed by atoms with van der Waals surface area (Å²) in [6.07, 6.45) is 46.3. The second-order valence-corrected chi connectivity index (χ2v) is 16.6. The lowest BCUT2D eigenvalue weighted by Crippen LogP contribution is -2.34. The molecule has 0 bridgehead atoms. The number of ether oxygens (including phenoxy) is 2. The second-order valence-electron chi connectivity index (χ2n) is 15.2. The number of phosphoric acid groups is 1. The average molecular weight is 814 g/mol. The van der Waals surface area contributed by atoms with Gasteiger partial charge in [-0.25, -0.2) is 4.57 Å². The minimum absolute atomic E-state index is 0.0151. The maximum atomic E-state index is 12.6. The Morgan fingerprint density at radius 2 is 0.982 bits per heavy atom. The summed E-state index contributed by atoms with van der Waals surface area (Å²) in [6.45, 7) is 3.85. The molecule has 0 saturated carbocycles. The molecule has 0 saturated heterocycles. The van der Waals surface area contributed by atoms with Crippen LogP contribution in [-0.4, -0.2) is 60.5 Å². The van der Waals surface area contributed by atoms with E-state index in [1.807, 2.05) is 0 Å². The van der Waals surface area contributed by atoms with Crippen LogP contribution < -0.4 is 5.73 Å². The quantitative estimate of drug-likeness (QED) is 0.0234. The highest BCUT2D eigenvalue weighted by Crippen LogP contribution is 2.43. The highest BCUT2D eigenvalue weighted by atomic mass is 31.2. The van der Waals surface area contributed by atoms with Gasteiger partial charge in [0.25, 0.3) is 0 Å². The summed E-state index contributed by atoms with van der Waals surface area (Å²) in [5, 5.41) is 8.88. The summed E-state index contributed by atoms with van der Waals surface area (Å²) in [5.74, 6) is -1.78. The minimum atomic E-state index is -4.61. The number of allylic oxidation sites excluding steroid dienone is 6. The van der Waals surface area contributed by atoms with Gasteiger partial charge in [0.05, 0.1) is 19.8 Å². The first-order chi connectivity index (χ1) is 27.2. The molecule has 56 heavy (non-hydrogen) atoms. The highest BCUT2D eigenvalue weighted by molar-refractivity contribution is 7.47. The van der Waals surface area contributed by atoms with Gasteiger partial charge in [-0.15, -0.1) is 0 Å². The molecule has 0 radical (unpaired) electrons. The number of nitrogens with two attached hydrogens (primary N) is 1. The molecular formula is C45H84NO9P. The molecule has 11 heteroatoms. The van der Waals surface area contributed by atoms with Crippen molar-refractivity contribution in [3.05, 3.63) is 36.5 Å². The van der Waals surface area contributed by atoms with Gasteiger partial charge in [0.15, 0.2) is 0 Å². The van der Waals surface area contributed by atoms with E-state index in [1.54, 1.807) is 0 Å². The third-order valence-corrected chi connectivity index (χ3v) is 10.6. The summed E-state index contributed by atoms with van der Waals surface area (Å²) in [4.78, 5) is 33.4. The number of carbonyl (C=O) groups is 2. The van der Waals surface area contributed by atoms with Gasteiger partial charge in [-0.05, 0) is 51.4 Å². The van der Waals surface area contributed by atoms with Crippen LogP contribution in [0.15, 0.2) is 36.5 Å². The zero-order valence-electron chi connectivity index (χ0n) is 35.7. The van der Waals surface area contributed by atoms with Crippen LogP contribution in [0.25, 0.3) is 0 Å². The monoisotopic (exact) mass is 814 g/mol. The number of aliphatic carboxylic acids is 1. The first kappa shape index (κ1) is 54.2. The van der Waals surface area contributed by atoms with Crippen LogP contribution >= 0.6 is 7.82 Å². The number of carbonyl (C=O) groups excluding carboxylic acids is 1. The van der Waals surface area contributed by atoms with Crippen molar-refractivity contribution in [3.8, 4) is 0 Å². The van der Waals surface area contributed by atoms with E-state index in [4.69, 9.17) is 29.4 Å². The molecule has 10 nitrogen and oxygen atoms in total. The zero-order valence-corrected chi connectivity index (χ0v) is 36.6. The number of unbranched alkanes of at least 4 members (excludes halogenated alkanes) is 23. The van der Waals surface area contributed by atoms with Crippen molar-refractivity contribution in [2.45, 2.75) is 212 Å². The van der Waals surface area contributed by atoms with E-state index in [0.29, 0.717) is 13.0 Å². The van der Waals surface area contributed by atoms with E-state index in [2.05, 4.69) is 50.3 Å². The summed E-state index contributed by atoms with van der Waals surface area (Å²) in [5.41, 5.74) is 5.35. The van der Waals surface area contributed by atoms with Crippen LogP contribution in [0.5, 0.6) is 0 Å². The highest BCUT2D eigenvalue weighted by Gasteiger charge is 2.27. The van der Waals surface area contributed by atoms with E-state index in [9.17, 15) is 19.0 Å². The number of carboxylic acid groups (broad SMARTS) is 1. The number of phosphoric ester groups is 1. The molecule has 0 amide bonds. The molecule has 0 rings (SSSR count). The van der Waals surface area contributed by atoms with E-state index in [-0.39, 0.29) is 13.0 Å². The maximum absolute atomic E-state index is 12.6. The van der Waals surface area contributed by atoms with E-state index in [1.165, 1.54) is 116 Å². The lowest BCUT2D eigenvalue weighted by atomic mass is 10.1. The van der Waals surface area contributed by atoms with Gasteiger partial charge in [-0.3, -0.25) is 18.6 Å². The van der Waals surface area contributed by atoms with Crippen molar-refractivity contribution in [1.29, 1.82) is 0 Å². The molecular weight excluding hydrogens is 729 g/mol. The van der Waals surface area contributed by atoms with Crippen molar-refractivity contribution in [1.82, 2.24) is 0 Å². The Hall–Kier alpha value is -1.81. The molecule has 0 aliphatic heterocycles. The van der Waals surface area contributed by atoms with Crippen molar-refractivity contribution in [2.24, 2.45) is 5.73 Å². The Bertz CT molecular complexity index is 1040. The third-order valence-electron chi connectivity index (χ3n) is 9.67. The molecule has 328 valence electrons. The van der Waals surface area contributed by atoms with Gasteiger partial charge in [0.2, 0.25) is 0 Å². The van der Waals surface area contributed by atoms with Crippen LogP contribution in [0.4, 0.5) is 0 Å². The van der Waals surface area contributed by atoms with Crippen molar-refractivity contribution < 1.29 is 42.7 Å². The number of carboxylic acids is 1. The summed E-state index contributed by atoms with van der Waals surface area (Å²) >= 11 is 0. The fourth-order valence-corrected chi connectivity index (χ4v) is 6.92. The van der Waals surface area contributed by atoms with Crippen molar-refractivity contribution in [2.75, 3.05) is 26.4 Å². The summed E-state index contributed by atoms with van der Waals surface area (Å²) < 4.78 is 33.3. The van der Waals surface area contributed by atoms with Crippen LogP contribution in [0, 0.1) is 0 Å². The summed E-state index contributed by atoms with van der Waals surface area (Å²) in [7, 11) is -4.61. The predicted molar refractivity (Wildman–Crippen MR) is 231 cm³/mol. The standard InChI is InChI=1S/C45H84NO9P/c1-3-5-7-9-11-13-15-16-17-18-19-20-21-22-23-24-25-26-27-28-30-32-34-36-38-52-39-42(40-53-56(50,51)54-41-43(46)45(48)49)55-44(47)37-35-33-31-29-14-12-10-8-6-4-2/h15-16,18-19,21-22,42-43H,3-14,17,20,23-41,46H2,1-2H3,(H,48,49)(H,50,51)/b16-15-,19-18-,22-21-. The largest absolute Gasteiger partial charge is 0.480 e. The van der Waals surface area contributed by atoms with Gasteiger partial charge in [0, 0.05) is 13.0 Å². The van der Waals surface area contributed by atoms with Gasteiger partial charge in [0.1, 0.15) is 12.1 Å². The van der Waals surface area contributed by atoms with Crippen LogP contribution in [0.1, 0.15) is 200 Å². The molecule has 0 aliphatic carbocycles. The smallest absolute Gasteiger partial charge is 0.472 e. The zero-order chi connectivity index (χ0) is 41.2. The fraction of sp³-hybridized carbons (Fsp3) is 0.822. The van der Waals surface area contributed by atoms with Gasteiger partial charge in [-0.2, -0.15) is 0 Å². The van der Waals surface area contributed by atoms with Crippen molar-refractivity contribution >= 4 is 19.8 Å². The first-order valence-electron chi connectivity index (χ1n) is 22.5. The molecule has 0 heterocycles. The molecule has 0 aliphatic rings. The maximum Gasteiger partial charge on any atom is 0.472 e. The Morgan fingerprint density at radius 3 is 1.46 bits per heavy atom. The second kappa shape index (κ2) is 41.4. The number of hydrogen-bond acceptors (Lipinski definition) is 8. The Kier molecular flexibility index (Phi) is 40.0. The van der Waals surface area contributed by atoms with E-state index < -0.39 is 45.1 Å².